The Balaban J connectivity index is 0.000000149. The predicted octanol–water partition coefficient (Wildman–Crippen LogP) is 7.06. The third-order valence-corrected chi connectivity index (χ3v) is 18.9. The Hall–Kier alpha value is -4.35. The minimum atomic E-state index is -0.210. The monoisotopic (exact) mass is 1220 g/mol. The molecule has 6 aliphatic rings. The summed E-state index contributed by atoms with van der Waals surface area (Å²) in [7, 11) is 0. The lowest BCUT2D eigenvalue weighted by molar-refractivity contribution is -0.119. The number of hydrogen-bond donors (Lipinski definition) is 4. The Morgan fingerprint density at radius 3 is 1.52 bits per heavy atom. The third-order valence-electron chi connectivity index (χ3n) is 14.6. The molecule has 4 N–H and O–H groups in total. The lowest BCUT2D eigenvalue weighted by Crippen LogP contribution is -2.47. The van der Waals surface area contributed by atoms with Gasteiger partial charge in [0.1, 0.15) is 36.8 Å². The number of carbonyl (C=O) groups is 3. The minimum absolute atomic E-state index is 0.0415. The smallest absolute Gasteiger partial charge is 0.221 e. The number of morpholine rings is 4. The van der Waals surface area contributed by atoms with Crippen LogP contribution >= 0.6 is 45.3 Å². The van der Waals surface area contributed by atoms with Gasteiger partial charge in [0.15, 0.2) is 0 Å². The van der Waals surface area contributed by atoms with Crippen molar-refractivity contribution < 1.29 is 38.4 Å². The Morgan fingerprint density at radius 1 is 0.602 bits per heavy atom. The number of hydrogen-bond acceptors (Lipinski definition) is 22. The molecule has 4 fully saturated rings. The number of aliphatic hydroxyl groups is 1. The van der Waals surface area contributed by atoms with Crippen LogP contribution in [0.3, 0.4) is 0 Å². The fourth-order valence-electron chi connectivity index (χ4n) is 10.7. The first-order chi connectivity index (χ1) is 40.2. The van der Waals surface area contributed by atoms with Crippen LogP contribution in [0.5, 0.6) is 0 Å². The van der Waals surface area contributed by atoms with E-state index < -0.39 is 0 Å². The molecule has 2 unspecified atom stereocenters. The number of fused-ring (bicyclic) bond motifs is 4. The van der Waals surface area contributed by atoms with E-state index in [4.69, 9.17) is 34.0 Å². The van der Waals surface area contributed by atoms with E-state index in [1.165, 1.54) is 27.4 Å². The van der Waals surface area contributed by atoms with Crippen LogP contribution in [0.1, 0.15) is 69.3 Å². The zero-order valence-corrected chi connectivity index (χ0v) is 52.8. The number of thiazole rings is 2. The van der Waals surface area contributed by atoms with Gasteiger partial charge in [-0.15, -0.1) is 45.3 Å². The van der Waals surface area contributed by atoms with Crippen molar-refractivity contribution in [3.63, 3.8) is 0 Å². The maximum absolute atomic E-state index is 11.9. The molecule has 0 saturated carbocycles. The van der Waals surface area contributed by atoms with E-state index in [-0.39, 0.29) is 23.7 Å². The number of nitrogens with one attached hydrogen (secondary N) is 3. The Kier molecular flexibility index (Phi) is 25.7. The normalized spacial score (nSPS) is 18.9. The van der Waals surface area contributed by atoms with E-state index in [0.29, 0.717) is 12.6 Å². The molecule has 12 heterocycles. The number of carbonyl (C=O) groups excluding carboxylic acids is 3. The van der Waals surface area contributed by atoms with Crippen LogP contribution in [0.4, 0.5) is 10.0 Å². The first-order valence-electron chi connectivity index (χ1n) is 29.3. The second-order valence-electron chi connectivity index (χ2n) is 22.1. The second kappa shape index (κ2) is 33.0. The van der Waals surface area contributed by atoms with Crippen LogP contribution < -0.4 is 16.0 Å². The SMILES string of the molecule is CC(=O)CN1CCOCC1.CC(=O)Nc1sc2c(c1-c1nc3cnccc3s1)CCN(C(C)CN1CCOCC1)C2.CC(=O)Nc1sc2c(c1-c1nc3cnccc3s1)CCNC2.CC(C)CN1CCOCC1.CC(O)CN1CCOCC1. The molecular weight excluding hydrogens is 1130 g/mol. The summed E-state index contributed by atoms with van der Waals surface area (Å²) < 4.78 is 23.3. The molecule has 454 valence electrons. The number of amides is 2. The molecule has 0 aromatic carbocycles. The van der Waals surface area contributed by atoms with E-state index in [2.05, 4.69) is 71.2 Å². The number of ether oxygens (including phenoxy) is 4. The number of ketones is 1. The van der Waals surface area contributed by atoms with Crippen molar-refractivity contribution in [1.82, 2.24) is 49.8 Å². The maximum atomic E-state index is 11.9. The number of pyridine rings is 2. The molecule has 0 aliphatic carbocycles. The van der Waals surface area contributed by atoms with Crippen LogP contribution in [0.2, 0.25) is 0 Å². The summed E-state index contributed by atoms with van der Waals surface area (Å²) in [5.74, 6) is 0.941. The molecule has 0 bridgehead atoms. The average molecular weight is 1220 g/mol. The van der Waals surface area contributed by atoms with E-state index >= 15 is 0 Å². The lowest BCUT2D eigenvalue weighted by atomic mass is 10.0. The number of nitrogens with zero attached hydrogens (tertiary/aromatic N) is 9. The largest absolute Gasteiger partial charge is 0.392 e. The van der Waals surface area contributed by atoms with Crippen molar-refractivity contribution in [2.75, 3.05) is 155 Å². The lowest BCUT2D eigenvalue weighted by Gasteiger charge is -2.36. The highest BCUT2D eigenvalue weighted by Gasteiger charge is 2.31. The van der Waals surface area contributed by atoms with Gasteiger partial charge in [0.05, 0.1) is 87.3 Å². The van der Waals surface area contributed by atoms with Gasteiger partial charge in [-0.3, -0.25) is 48.9 Å². The second-order valence-corrected chi connectivity index (χ2v) is 26.3. The molecule has 6 aromatic heterocycles. The van der Waals surface area contributed by atoms with E-state index in [9.17, 15) is 14.4 Å². The van der Waals surface area contributed by atoms with Crippen LogP contribution in [0.15, 0.2) is 36.9 Å². The highest BCUT2D eigenvalue weighted by Crippen LogP contribution is 2.47. The summed E-state index contributed by atoms with van der Waals surface area (Å²) in [6, 6.07) is 4.46. The zero-order valence-electron chi connectivity index (χ0n) is 49.5. The first-order valence-corrected chi connectivity index (χ1v) is 32.5. The number of β-amino-alcohol motifs (C(OH)–C–C–N with tert-alkyl or cyclic N) is 1. The predicted molar refractivity (Wildman–Crippen MR) is 335 cm³/mol. The Labute approximate surface area is 505 Å². The third kappa shape index (κ3) is 19.8. The maximum Gasteiger partial charge on any atom is 0.221 e. The van der Waals surface area contributed by atoms with Gasteiger partial charge in [-0.25, -0.2) is 9.97 Å². The highest BCUT2D eigenvalue weighted by molar-refractivity contribution is 7.23. The number of thiophene rings is 2. The van der Waals surface area contributed by atoms with Crippen molar-refractivity contribution in [2.24, 2.45) is 5.92 Å². The van der Waals surface area contributed by atoms with Crippen LogP contribution in [0.25, 0.3) is 41.6 Å². The molecule has 24 heteroatoms. The fourth-order valence-corrected chi connectivity index (χ4v) is 15.4. The standard InChI is InChI=1S/C22H27N5O2S2.C15H14N4OS2.C8H17NO.C7H15NO2.C7H13NO2/c1-14(12-26-7-9-29-10-8-26)27-6-4-16-19(13-27)31-21(24-15(2)28)20(16)22-25-17-11-23-5-3-18(17)30-22;1-8(20)18-14-13(9-2-4-17-7-12(9)22-14)15-19-10-6-16-5-3-11(10)21-15;1-8(2)7-9-3-5-10-6-4-9;2*1-7(9)6-8-2-4-10-5-3-8/h3,5,11,14H,4,6-10,12-13H2,1-2H3,(H,24,28);3,5-6,17H,2,4,7H2,1H3,(H,18,20);8H,3-7H2,1-2H3;7,9H,2-6H2,1H3;2-6H2,1H3. The Morgan fingerprint density at radius 2 is 1.06 bits per heavy atom. The molecular formula is C59H86N12O8S4. The van der Waals surface area contributed by atoms with Crippen molar-refractivity contribution in [3.8, 4) is 21.1 Å². The molecule has 12 rings (SSSR count). The van der Waals surface area contributed by atoms with Crippen molar-refractivity contribution in [1.29, 1.82) is 0 Å². The number of rotatable bonds is 13. The summed E-state index contributed by atoms with van der Waals surface area (Å²) in [6.45, 7) is 35.5. The van der Waals surface area contributed by atoms with Gasteiger partial charge in [-0.1, -0.05) is 13.8 Å². The average Bonchev–Trinajstić information content (AvgIpc) is 3.44. The number of anilines is 2. The van der Waals surface area contributed by atoms with Crippen molar-refractivity contribution in [2.45, 2.75) is 86.5 Å². The topological polar surface area (TPSA) is 212 Å². The minimum Gasteiger partial charge on any atom is -0.392 e. The van der Waals surface area contributed by atoms with Crippen LogP contribution in [-0.4, -0.2) is 224 Å². The molecule has 2 atom stereocenters. The summed E-state index contributed by atoms with van der Waals surface area (Å²) in [5, 5.41) is 22.2. The van der Waals surface area contributed by atoms with Gasteiger partial charge in [0, 0.05) is 145 Å². The fraction of sp³-hybridized carbons (Fsp3) is 0.610. The number of aliphatic hydroxyl groups excluding tert-OH is 1. The molecule has 4 saturated heterocycles. The number of Topliss-reactive ketones (excluding diaryl/α,β-unsaturated/α-hetero) is 1. The summed E-state index contributed by atoms with van der Waals surface area (Å²) >= 11 is 6.68. The molecule has 0 radical (unpaired) electrons. The quantitative estimate of drug-likeness (QED) is 0.0911. The molecule has 2 amide bonds. The van der Waals surface area contributed by atoms with Gasteiger partial charge in [0.25, 0.3) is 0 Å². The van der Waals surface area contributed by atoms with E-state index in [0.717, 1.165) is 215 Å². The summed E-state index contributed by atoms with van der Waals surface area (Å²) in [5.41, 5.74) is 6.68. The summed E-state index contributed by atoms with van der Waals surface area (Å²) in [4.78, 5) is 66.5. The van der Waals surface area contributed by atoms with Gasteiger partial charge >= 0.3 is 0 Å². The zero-order chi connectivity index (χ0) is 58.7. The van der Waals surface area contributed by atoms with Crippen molar-refractivity contribution >= 4 is 93.4 Å². The molecule has 0 spiro atoms. The van der Waals surface area contributed by atoms with Gasteiger partial charge in [-0.2, -0.15) is 0 Å². The molecule has 6 aliphatic heterocycles. The van der Waals surface area contributed by atoms with Gasteiger partial charge in [-0.05, 0) is 69.3 Å². The number of aromatic nitrogens is 4. The summed E-state index contributed by atoms with van der Waals surface area (Å²) in [6.07, 6.45) is 8.91. The van der Waals surface area contributed by atoms with Crippen LogP contribution in [-0.2, 0) is 59.3 Å². The van der Waals surface area contributed by atoms with Gasteiger partial charge < -0.3 is 40.0 Å². The van der Waals surface area contributed by atoms with Crippen molar-refractivity contribution in [3.05, 3.63) is 57.8 Å². The van der Waals surface area contributed by atoms with Crippen LogP contribution in [0, 0.1) is 5.92 Å². The molecule has 20 nitrogen and oxygen atoms in total. The van der Waals surface area contributed by atoms with E-state index in [1.54, 1.807) is 90.9 Å². The first kappa shape index (κ1) is 64.6. The highest BCUT2D eigenvalue weighted by atomic mass is 32.1. The molecule has 83 heavy (non-hydrogen) atoms. The van der Waals surface area contributed by atoms with Gasteiger partial charge in [0.2, 0.25) is 11.8 Å². The Bertz CT molecular complexity index is 2890. The molecule has 6 aromatic rings. The van der Waals surface area contributed by atoms with E-state index in [1.807, 2.05) is 19.1 Å².